The molecule has 0 radical (unpaired) electrons. The van der Waals surface area contributed by atoms with Gasteiger partial charge in [0, 0.05) is 45.7 Å². The van der Waals surface area contributed by atoms with Gasteiger partial charge in [0.15, 0.2) is 0 Å². The van der Waals surface area contributed by atoms with Crippen molar-refractivity contribution >= 4 is 40.7 Å². The van der Waals surface area contributed by atoms with Gasteiger partial charge in [-0.2, -0.15) is 0 Å². The summed E-state index contributed by atoms with van der Waals surface area (Å²) in [5.74, 6) is 0.158. The molecule has 7 nitrogen and oxygen atoms in total. The summed E-state index contributed by atoms with van der Waals surface area (Å²) in [5.41, 5.74) is 6.46. The third-order valence-electron chi connectivity index (χ3n) is 4.37. The molecule has 1 aliphatic rings. The van der Waals surface area contributed by atoms with Gasteiger partial charge < -0.3 is 10.6 Å². The topological polar surface area (TPSA) is 95.7 Å². The number of nitrogens with two attached hydrogens (primary N) is 1. The summed E-state index contributed by atoms with van der Waals surface area (Å²) in [6.07, 6.45) is 1.23. The van der Waals surface area contributed by atoms with Gasteiger partial charge in [0.25, 0.3) is 0 Å². The lowest BCUT2D eigenvalue weighted by atomic mass is 10.2. The zero-order valence-electron chi connectivity index (χ0n) is 15.6. The number of amides is 1. The maximum absolute atomic E-state index is 12.2. The van der Waals surface area contributed by atoms with Gasteiger partial charge in [-0.15, -0.1) is 24.8 Å². The zero-order valence-corrected chi connectivity index (χ0v) is 18.0. The van der Waals surface area contributed by atoms with Gasteiger partial charge in [-0.05, 0) is 32.0 Å². The van der Waals surface area contributed by atoms with Gasteiger partial charge in [-0.1, -0.05) is 17.7 Å². The van der Waals surface area contributed by atoms with Gasteiger partial charge in [0.1, 0.15) is 0 Å². The molecule has 1 fully saturated rings. The van der Waals surface area contributed by atoms with E-state index in [1.54, 1.807) is 24.3 Å². The van der Waals surface area contributed by atoms with Crippen LogP contribution in [0.15, 0.2) is 29.2 Å². The summed E-state index contributed by atoms with van der Waals surface area (Å²) in [5, 5.41) is 0. The van der Waals surface area contributed by atoms with Crippen molar-refractivity contribution in [2.75, 3.05) is 45.8 Å². The first-order chi connectivity index (χ1) is 11.9. The molecule has 0 saturated carbocycles. The Bertz CT molecular complexity index is 663. The number of aryl methyl sites for hydroxylation is 1. The van der Waals surface area contributed by atoms with E-state index in [2.05, 4.69) is 9.62 Å². The molecule has 27 heavy (non-hydrogen) atoms. The van der Waals surface area contributed by atoms with Crippen molar-refractivity contribution in [1.82, 2.24) is 14.5 Å². The van der Waals surface area contributed by atoms with E-state index in [4.69, 9.17) is 5.73 Å². The number of sulfonamides is 1. The monoisotopic (exact) mass is 440 g/mol. The van der Waals surface area contributed by atoms with Crippen molar-refractivity contribution in [3.63, 3.8) is 0 Å². The van der Waals surface area contributed by atoms with E-state index in [-0.39, 0.29) is 35.6 Å². The van der Waals surface area contributed by atoms with Crippen LogP contribution in [-0.2, 0) is 14.8 Å². The Balaban J connectivity index is 0.00000338. The highest BCUT2D eigenvalue weighted by Crippen LogP contribution is 2.10. The largest absolute Gasteiger partial charge is 0.340 e. The molecule has 1 saturated heterocycles. The molecule has 2 rings (SSSR count). The number of hydrogen-bond acceptors (Lipinski definition) is 5. The van der Waals surface area contributed by atoms with Crippen LogP contribution in [0.4, 0.5) is 0 Å². The lowest BCUT2D eigenvalue weighted by Crippen LogP contribution is -2.50. The first-order valence-corrected chi connectivity index (χ1v) is 10.2. The van der Waals surface area contributed by atoms with E-state index in [0.29, 0.717) is 39.1 Å². The zero-order chi connectivity index (χ0) is 18.3. The first kappa shape index (κ1) is 26.1. The van der Waals surface area contributed by atoms with Crippen LogP contribution in [0.2, 0.25) is 0 Å². The van der Waals surface area contributed by atoms with Gasteiger partial charge in [0.05, 0.1) is 4.90 Å². The number of halogens is 2. The van der Waals surface area contributed by atoms with Crippen LogP contribution in [0.1, 0.15) is 18.4 Å². The quantitative estimate of drug-likeness (QED) is 0.628. The molecule has 1 aromatic rings. The highest BCUT2D eigenvalue weighted by Gasteiger charge is 2.21. The number of benzene rings is 1. The Kier molecular flexibility index (Phi) is 12.1. The van der Waals surface area contributed by atoms with Crippen LogP contribution in [0.25, 0.3) is 0 Å². The van der Waals surface area contributed by atoms with E-state index in [1.807, 2.05) is 11.8 Å². The second-order valence-electron chi connectivity index (χ2n) is 6.33. The molecule has 3 N–H and O–H groups in total. The van der Waals surface area contributed by atoms with E-state index < -0.39 is 10.0 Å². The average Bonchev–Trinajstić information content (AvgIpc) is 2.60. The molecule has 10 heteroatoms. The normalized spacial score (nSPS) is 15.0. The van der Waals surface area contributed by atoms with Crippen molar-refractivity contribution in [3.05, 3.63) is 29.8 Å². The second-order valence-corrected chi connectivity index (χ2v) is 8.09. The summed E-state index contributed by atoms with van der Waals surface area (Å²) in [4.78, 5) is 16.3. The lowest BCUT2D eigenvalue weighted by Gasteiger charge is -2.34. The average molecular weight is 441 g/mol. The predicted octanol–water partition coefficient (Wildman–Crippen LogP) is 1.00. The van der Waals surface area contributed by atoms with E-state index in [9.17, 15) is 13.2 Å². The van der Waals surface area contributed by atoms with Crippen molar-refractivity contribution in [2.45, 2.75) is 24.7 Å². The smallest absolute Gasteiger partial charge is 0.240 e. The summed E-state index contributed by atoms with van der Waals surface area (Å²) >= 11 is 0. The van der Waals surface area contributed by atoms with E-state index in [0.717, 1.165) is 25.1 Å². The minimum atomic E-state index is -3.47. The number of nitrogens with zero attached hydrogens (tertiary/aromatic N) is 2. The fraction of sp³-hybridized carbons (Fsp3) is 0.588. The van der Waals surface area contributed by atoms with Gasteiger partial charge >= 0.3 is 0 Å². The van der Waals surface area contributed by atoms with Crippen molar-refractivity contribution in [1.29, 1.82) is 0 Å². The number of carbonyl (C=O) groups is 1. The maximum Gasteiger partial charge on any atom is 0.240 e. The molecule has 0 aromatic heterocycles. The molecule has 1 aliphatic heterocycles. The molecule has 0 spiro atoms. The van der Waals surface area contributed by atoms with Gasteiger partial charge in [-0.25, -0.2) is 13.1 Å². The summed E-state index contributed by atoms with van der Waals surface area (Å²) < 4.78 is 27.1. The number of hydrogen-bond donors (Lipinski definition) is 2. The fourth-order valence-electron chi connectivity index (χ4n) is 2.77. The predicted molar refractivity (Wildman–Crippen MR) is 112 cm³/mol. The number of nitrogens with one attached hydrogen (secondary N) is 1. The SMILES string of the molecule is Cc1ccc(S(=O)(=O)NCCN2CCN(C(=O)CCCN)CC2)cc1.Cl.Cl. The van der Waals surface area contributed by atoms with Crippen LogP contribution in [0, 0.1) is 6.92 Å². The summed E-state index contributed by atoms with van der Waals surface area (Å²) in [6.45, 7) is 6.35. The molecule has 1 heterocycles. The Morgan fingerprint density at radius 3 is 2.26 bits per heavy atom. The Morgan fingerprint density at radius 1 is 1.11 bits per heavy atom. The number of rotatable bonds is 8. The molecule has 1 aromatic carbocycles. The Hall–Kier alpha value is -0.900. The highest BCUT2D eigenvalue weighted by atomic mass is 35.5. The third-order valence-corrected chi connectivity index (χ3v) is 5.85. The number of piperazine rings is 1. The first-order valence-electron chi connectivity index (χ1n) is 8.69. The van der Waals surface area contributed by atoms with Crippen LogP contribution >= 0.6 is 24.8 Å². The summed E-state index contributed by atoms with van der Waals surface area (Å²) in [6, 6.07) is 6.80. The minimum Gasteiger partial charge on any atom is -0.340 e. The van der Waals surface area contributed by atoms with Crippen molar-refractivity contribution < 1.29 is 13.2 Å². The van der Waals surface area contributed by atoms with Crippen LogP contribution < -0.4 is 10.5 Å². The molecule has 0 atom stereocenters. The highest BCUT2D eigenvalue weighted by molar-refractivity contribution is 7.89. The van der Waals surface area contributed by atoms with Crippen molar-refractivity contribution in [3.8, 4) is 0 Å². The number of carbonyl (C=O) groups excluding carboxylic acids is 1. The van der Waals surface area contributed by atoms with Gasteiger partial charge in [-0.3, -0.25) is 9.69 Å². The molecule has 0 bridgehead atoms. The standard InChI is InChI=1S/C17H28N4O3S.2ClH/c1-15-4-6-16(7-5-15)25(23,24)19-9-10-20-11-13-21(14-12-20)17(22)3-2-8-18;;/h4-7,19H,2-3,8-14,18H2,1H3;2*1H. The fourth-order valence-corrected chi connectivity index (χ4v) is 3.79. The van der Waals surface area contributed by atoms with E-state index in [1.165, 1.54) is 0 Å². The summed E-state index contributed by atoms with van der Waals surface area (Å²) in [7, 11) is -3.47. The Morgan fingerprint density at radius 2 is 1.70 bits per heavy atom. The molecular formula is C17H30Cl2N4O3S. The molecule has 0 unspecified atom stereocenters. The second kappa shape index (κ2) is 12.5. The Labute approximate surface area is 174 Å². The molecule has 1 amide bonds. The lowest BCUT2D eigenvalue weighted by molar-refractivity contribution is -0.133. The van der Waals surface area contributed by atoms with Crippen LogP contribution in [-0.4, -0.2) is 69.9 Å². The third kappa shape index (κ3) is 8.33. The minimum absolute atomic E-state index is 0. The van der Waals surface area contributed by atoms with Gasteiger partial charge in [0.2, 0.25) is 15.9 Å². The molecule has 0 aliphatic carbocycles. The van der Waals surface area contributed by atoms with E-state index >= 15 is 0 Å². The molecular weight excluding hydrogens is 411 g/mol. The van der Waals surface area contributed by atoms with Crippen LogP contribution in [0.5, 0.6) is 0 Å². The van der Waals surface area contributed by atoms with Crippen molar-refractivity contribution in [2.24, 2.45) is 5.73 Å². The molecule has 156 valence electrons. The maximum atomic E-state index is 12.2. The van der Waals surface area contributed by atoms with Crippen LogP contribution in [0.3, 0.4) is 0 Å².